The first kappa shape index (κ1) is 21.6. The van der Waals surface area contributed by atoms with Crippen LogP contribution in [0.3, 0.4) is 0 Å². The van der Waals surface area contributed by atoms with Crippen LogP contribution in [-0.2, 0) is 16.8 Å². The van der Waals surface area contributed by atoms with Gasteiger partial charge in [0.1, 0.15) is 0 Å². The molecule has 2 aliphatic carbocycles. The lowest BCUT2D eigenvalue weighted by molar-refractivity contribution is -0.123. The smallest absolute Gasteiger partial charge is 0.223 e. The highest BCUT2D eigenvalue weighted by Gasteiger charge is 2.58. The maximum absolute atomic E-state index is 13.5. The van der Waals surface area contributed by atoms with E-state index in [1.54, 1.807) is 6.07 Å². The number of carbonyl (C=O) groups excluding carboxylic acids is 1. The van der Waals surface area contributed by atoms with Gasteiger partial charge in [-0.1, -0.05) is 49.2 Å². The van der Waals surface area contributed by atoms with E-state index in [9.17, 15) is 13.6 Å². The molecule has 32 heavy (non-hydrogen) atoms. The zero-order valence-electron chi connectivity index (χ0n) is 18.6. The number of halogens is 2. The molecule has 3 aliphatic rings. The van der Waals surface area contributed by atoms with E-state index < -0.39 is 11.6 Å². The Morgan fingerprint density at radius 3 is 2.38 bits per heavy atom. The van der Waals surface area contributed by atoms with Gasteiger partial charge < -0.3 is 5.32 Å². The molecule has 1 saturated heterocycles. The molecule has 170 valence electrons. The van der Waals surface area contributed by atoms with Gasteiger partial charge in [-0.2, -0.15) is 0 Å². The number of carbonyl (C=O) groups is 1. The summed E-state index contributed by atoms with van der Waals surface area (Å²) in [5, 5.41) is 3.33. The van der Waals surface area contributed by atoms with Gasteiger partial charge in [0.25, 0.3) is 0 Å². The summed E-state index contributed by atoms with van der Waals surface area (Å²) in [5.41, 5.74) is 2.39. The summed E-state index contributed by atoms with van der Waals surface area (Å²) in [6.07, 6.45) is 7.73. The Morgan fingerprint density at radius 1 is 0.969 bits per heavy atom. The monoisotopic (exact) mass is 438 g/mol. The van der Waals surface area contributed by atoms with Gasteiger partial charge in [0.15, 0.2) is 11.6 Å². The van der Waals surface area contributed by atoms with Crippen molar-refractivity contribution in [3.05, 3.63) is 71.3 Å². The maximum atomic E-state index is 13.5. The zero-order chi connectivity index (χ0) is 22.2. The fourth-order valence-electron chi connectivity index (χ4n) is 6.11. The lowest BCUT2D eigenvalue weighted by atomic mass is 9.78. The Morgan fingerprint density at radius 2 is 1.69 bits per heavy atom. The summed E-state index contributed by atoms with van der Waals surface area (Å²) in [5.74, 6) is -1.24. The average molecular weight is 439 g/mol. The van der Waals surface area contributed by atoms with Crippen LogP contribution in [0, 0.1) is 23.0 Å². The third-order valence-electron chi connectivity index (χ3n) is 8.30. The third kappa shape index (κ3) is 4.19. The minimum atomic E-state index is -0.801. The van der Waals surface area contributed by atoms with E-state index in [1.165, 1.54) is 30.5 Å². The summed E-state index contributed by atoms with van der Waals surface area (Å²) >= 11 is 0. The Hall–Kier alpha value is -2.27. The number of hydrogen-bond acceptors (Lipinski definition) is 2. The first-order valence-electron chi connectivity index (χ1n) is 12.0. The molecule has 3 fully saturated rings. The summed E-state index contributed by atoms with van der Waals surface area (Å²) in [4.78, 5) is 15.3. The first-order chi connectivity index (χ1) is 15.5. The van der Waals surface area contributed by atoms with E-state index in [0.717, 1.165) is 57.3 Å². The largest absolute Gasteiger partial charge is 0.355 e. The summed E-state index contributed by atoms with van der Waals surface area (Å²) in [7, 11) is 0. The number of hydrogen-bond donors (Lipinski definition) is 1. The molecule has 2 aromatic carbocycles. The average Bonchev–Trinajstić information content (AvgIpc) is 3.29. The van der Waals surface area contributed by atoms with Gasteiger partial charge in [0, 0.05) is 24.4 Å². The van der Waals surface area contributed by atoms with Gasteiger partial charge in [0.2, 0.25) is 5.91 Å². The van der Waals surface area contributed by atoms with Crippen LogP contribution in [0.15, 0.2) is 48.5 Å². The van der Waals surface area contributed by atoms with Crippen molar-refractivity contribution in [2.45, 2.75) is 56.9 Å². The first-order valence-corrected chi connectivity index (χ1v) is 12.0. The molecule has 0 radical (unpaired) electrons. The lowest BCUT2D eigenvalue weighted by Crippen LogP contribution is -2.41. The van der Waals surface area contributed by atoms with E-state index in [4.69, 9.17) is 0 Å². The molecule has 1 amide bonds. The van der Waals surface area contributed by atoms with Gasteiger partial charge >= 0.3 is 0 Å². The minimum Gasteiger partial charge on any atom is -0.355 e. The van der Waals surface area contributed by atoms with Crippen LogP contribution in [0.1, 0.15) is 56.1 Å². The van der Waals surface area contributed by atoms with Crippen molar-refractivity contribution in [1.29, 1.82) is 0 Å². The van der Waals surface area contributed by atoms with Crippen molar-refractivity contribution in [1.82, 2.24) is 10.2 Å². The molecular weight excluding hydrogens is 406 g/mol. The van der Waals surface area contributed by atoms with Crippen molar-refractivity contribution >= 4 is 5.91 Å². The maximum Gasteiger partial charge on any atom is 0.223 e. The number of amides is 1. The number of rotatable bonds is 6. The van der Waals surface area contributed by atoms with Crippen LogP contribution in [-0.4, -0.2) is 30.4 Å². The molecule has 2 saturated carbocycles. The molecule has 0 bridgehead atoms. The van der Waals surface area contributed by atoms with Gasteiger partial charge in [-0.3, -0.25) is 9.69 Å². The quantitative estimate of drug-likeness (QED) is 0.673. The topological polar surface area (TPSA) is 32.3 Å². The van der Waals surface area contributed by atoms with Crippen LogP contribution < -0.4 is 5.32 Å². The van der Waals surface area contributed by atoms with Crippen LogP contribution in [0.5, 0.6) is 0 Å². The zero-order valence-corrected chi connectivity index (χ0v) is 18.6. The fourth-order valence-corrected chi connectivity index (χ4v) is 6.11. The lowest BCUT2D eigenvalue weighted by Gasteiger charge is -2.33. The second-order valence-corrected chi connectivity index (χ2v) is 10.2. The van der Waals surface area contributed by atoms with Gasteiger partial charge in [0.05, 0.1) is 0 Å². The second-order valence-electron chi connectivity index (χ2n) is 10.2. The number of piperidine rings is 1. The molecular formula is C27H32F2N2O. The Labute approximate surface area is 189 Å². The van der Waals surface area contributed by atoms with Crippen LogP contribution in [0.2, 0.25) is 0 Å². The number of likely N-dealkylation sites (tertiary alicyclic amines) is 1. The molecule has 1 spiro atoms. The molecule has 0 unspecified atom stereocenters. The highest BCUT2D eigenvalue weighted by molar-refractivity contribution is 5.82. The Balaban J connectivity index is 1.14. The molecule has 1 heterocycles. The van der Waals surface area contributed by atoms with Gasteiger partial charge in [-0.15, -0.1) is 0 Å². The van der Waals surface area contributed by atoms with Crippen LogP contribution in [0.4, 0.5) is 8.78 Å². The van der Waals surface area contributed by atoms with Crippen LogP contribution >= 0.6 is 0 Å². The molecule has 3 nitrogen and oxygen atoms in total. The van der Waals surface area contributed by atoms with E-state index in [-0.39, 0.29) is 22.7 Å². The fraction of sp³-hybridized carbons (Fsp3) is 0.519. The summed E-state index contributed by atoms with van der Waals surface area (Å²) in [6, 6.07) is 14.8. The molecule has 2 aromatic rings. The van der Waals surface area contributed by atoms with E-state index in [1.807, 2.05) is 0 Å². The van der Waals surface area contributed by atoms with Crippen molar-refractivity contribution in [3.63, 3.8) is 0 Å². The number of nitrogens with zero attached hydrogens (tertiary/aromatic N) is 1. The van der Waals surface area contributed by atoms with Crippen molar-refractivity contribution in [2.24, 2.45) is 11.3 Å². The molecule has 5 rings (SSSR count). The molecule has 5 heteroatoms. The van der Waals surface area contributed by atoms with Crippen LogP contribution in [0.25, 0.3) is 0 Å². The van der Waals surface area contributed by atoms with E-state index in [2.05, 4.69) is 40.5 Å². The van der Waals surface area contributed by atoms with Crippen molar-refractivity contribution in [2.75, 3.05) is 19.6 Å². The second kappa shape index (κ2) is 8.58. The molecule has 1 aliphatic heterocycles. The number of benzene rings is 2. The standard InChI is InChI=1S/C27H32F2N2O/c28-23-9-8-20(16-24(23)29)18-31-14-12-26(13-15-31)17-22(26)25(32)30-19-27(10-4-5-11-27)21-6-2-1-3-7-21/h1-3,6-9,16,22H,4-5,10-15,17-19H2,(H,30,32)/t22-/m1/s1. The highest BCUT2D eigenvalue weighted by Crippen LogP contribution is 2.59. The molecule has 0 aromatic heterocycles. The SMILES string of the molecule is O=C(NCC1(c2ccccc2)CCCC1)[C@H]1CC12CCN(Cc1ccc(F)c(F)c1)CC2. The number of nitrogens with one attached hydrogen (secondary N) is 1. The summed E-state index contributed by atoms with van der Waals surface area (Å²) < 4.78 is 26.6. The molecule has 1 atom stereocenters. The van der Waals surface area contributed by atoms with Crippen molar-refractivity contribution in [3.8, 4) is 0 Å². The predicted molar refractivity (Wildman–Crippen MR) is 121 cm³/mol. The predicted octanol–water partition coefficient (Wildman–Crippen LogP) is 5.20. The third-order valence-corrected chi connectivity index (χ3v) is 8.30. The van der Waals surface area contributed by atoms with Gasteiger partial charge in [-0.05, 0) is 73.9 Å². The Kier molecular flexibility index (Phi) is 5.79. The van der Waals surface area contributed by atoms with Gasteiger partial charge in [-0.25, -0.2) is 8.78 Å². The highest BCUT2D eigenvalue weighted by atomic mass is 19.2. The normalized spacial score (nSPS) is 23.9. The minimum absolute atomic E-state index is 0.0900. The molecule has 1 N–H and O–H groups in total. The van der Waals surface area contributed by atoms with E-state index >= 15 is 0 Å². The van der Waals surface area contributed by atoms with Crippen molar-refractivity contribution < 1.29 is 13.6 Å². The Bertz CT molecular complexity index is 963. The van der Waals surface area contributed by atoms with E-state index in [0.29, 0.717) is 6.54 Å². The summed E-state index contributed by atoms with van der Waals surface area (Å²) in [6.45, 7) is 3.17.